The normalized spacial score (nSPS) is 10.5. The SMILES string of the molecule is COC(=O)c1ccc(NC(=O)COC(=O)C=Cc2ccc(C)o2)cc1. The standard InChI is InChI=1S/C18H17NO6/c1-12-3-8-15(25-12)9-10-17(21)24-11-16(20)19-14-6-4-13(5-7-14)18(22)23-2/h3-10H,11H2,1-2H3,(H,19,20). The van der Waals surface area contributed by atoms with E-state index in [-0.39, 0.29) is 0 Å². The van der Waals surface area contributed by atoms with Crippen LogP contribution in [0.5, 0.6) is 0 Å². The van der Waals surface area contributed by atoms with Gasteiger partial charge in [-0.15, -0.1) is 0 Å². The number of carbonyl (C=O) groups excluding carboxylic acids is 3. The molecule has 0 aliphatic heterocycles. The van der Waals surface area contributed by atoms with E-state index in [1.165, 1.54) is 31.4 Å². The van der Waals surface area contributed by atoms with Crippen LogP contribution in [0, 0.1) is 6.92 Å². The Bertz CT molecular complexity index is 788. The third-order valence-electron chi connectivity index (χ3n) is 3.08. The van der Waals surface area contributed by atoms with Crippen LogP contribution in [0.15, 0.2) is 46.9 Å². The van der Waals surface area contributed by atoms with Crippen molar-refractivity contribution in [3.63, 3.8) is 0 Å². The number of ether oxygens (including phenoxy) is 2. The first-order valence-corrected chi connectivity index (χ1v) is 7.37. The van der Waals surface area contributed by atoms with E-state index in [0.29, 0.717) is 17.0 Å². The van der Waals surface area contributed by atoms with Crippen molar-refractivity contribution < 1.29 is 28.3 Å². The van der Waals surface area contributed by atoms with Crippen LogP contribution in [0.3, 0.4) is 0 Å². The van der Waals surface area contributed by atoms with Gasteiger partial charge in [0.1, 0.15) is 11.5 Å². The Labute approximate surface area is 144 Å². The number of nitrogens with one attached hydrogen (secondary N) is 1. The molecule has 1 aromatic carbocycles. The molecule has 2 aromatic rings. The molecule has 130 valence electrons. The van der Waals surface area contributed by atoms with E-state index in [2.05, 4.69) is 10.1 Å². The maximum absolute atomic E-state index is 11.7. The van der Waals surface area contributed by atoms with E-state index in [9.17, 15) is 14.4 Å². The van der Waals surface area contributed by atoms with E-state index in [0.717, 1.165) is 5.76 Å². The highest BCUT2D eigenvalue weighted by Crippen LogP contribution is 2.10. The third kappa shape index (κ3) is 5.65. The van der Waals surface area contributed by atoms with Crippen molar-refractivity contribution in [1.29, 1.82) is 0 Å². The van der Waals surface area contributed by atoms with Crippen molar-refractivity contribution >= 4 is 29.6 Å². The number of hydrogen-bond donors (Lipinski definition) is 1. The van der Waals surface area contributed by atoms with E-state index in [4.69, 9.17) is 9.15 Å². The Morgan fingerprint density at radius 3 is 2.44 bits per heavy atom. The van der Waals surface area contributed by atoms with Crippen molar-refractivity contribution in [2.45, 2.75) is 6.92 Å². The molecule has 0 saturated heterocycles. The van der Waals surface area contributed by atoms with Crippen molar-refractivity contribution in [3.05, 3.63) is 59.6 Å². The van der Waals surface area contributed by atoms with Gasteiger partial charge < -0.3 is 19.2 Å². The molecule has 2 rings (SSSR count). The molecule has 7 nitrogen and oxygen atoms in total. The van der Waals surface area contributed by atoms with Crippen LogP contribution in [-0.4, -0.2) is 31.6 Å². The fourth-order valence-corrected chi connectivity index (χ4v) is 1.88. The lowest BCUT2D eigenvalue weighted by molar-refractivity contribution is -0.142. The molecule has 0 unspecified atom stereocenters. The summed E-state index contributed by atoms with van der Waals surface area (Å²) in [6.45, 7) is 1.36. The van der Waals surface area contributed by atoms with Crippen molar-refractivity contribution in [2.24, 2.45) is 0 Å². The zero-order valence-corrected chi connectivity index (χ0v) is 13.8. The minimum atomic E-state index is -0.662. The summed E-state index contributed by atoms with van der Waals surface area (Å²) in [6, 6.07) is 9.60. The molecule has 1 aromatic heterocycles. The molecule has 0 aliphatic carbocycles. The minimum Gasteiger partial charge on any atom is -0.465 e. The van der Waals surface area contributed by atoms with Crippen LogP contribution in [0.1, 0.15) is 21.9 Å². The number of hydrogen-bond acceptors (Lipinski definition) is 6. The number of anilines is 1. The molecule has 0 atom stereocenters. The Balaban J connectivity index is 1.79. The summed E-state index contributed by atoms with van der Waals surface area (Å²) in [7, 11) is 1.29. The summed E-state index contributed by atoms with van der Waals surface area (Å²) in [5, 5.41) is 2.55. The number of rotatable bonds is 6. The highest BCUT2D eigenvalue weighted by molar-refractivity contribution is 5.95. The maximum Gasteiger partial charge on any atom is 0.337 e. The summed E-state index contributed by atoms with van der Waals surface area (Å²) < 4.78 is 14.7. The summed E-state index contributed by atoms with van der Waals surface area (Å²) in [4.78, 5) is 34.6. The molecule has 1 heterocycles. The predicted molar refractivity (Wildman–Crippen MR) is 89.8 cm³/mol. The Morgan fingerprint density at radius 1 is 1.12 bits per heavy atom. The molecular formula is C18H17NO6. The zero-order valence-electron chi connectivity index (χ0n) is 13.8. The molecule has 25 heavy (non-hydrogen) atoms. The molecule has 1 amide bonds. The Morgan fingerprint density at radius 2 is 1.84 bits per heavy atom. The van der Waals surface area contributed by atoms with E-state index < -0.39 is 24.5 Å². The monoisotopic (exact) mass is 343 g/mol. The number of furan rings is 1. The van der Waals surface area contributed by atoms with Crippen molar-refractivity contribution in [2.75, 3.05) is 19.0 Å². The molecule has 0 radical (unpaired) electrons. The van der Waals surface area contributed by atoms with Gasteiger partial charge in [0, 0.05) is 11.8 Å². The van der Waals surface area contributed by atoms with Gasteiger partial charge in [0.05, 0.1) is 12.7 Å². The first-order chi connectivity index (χ1) is 12.0. The summed E-state index contributed by atoms with van der Waals surface area (Å²) >= 11 is 0. The van der Waals surface area contributed by atoms with Gasteiger partial charge in [-0.25, -0.2) is 9.59 Å². The molecule has 0 bridgehead atoms. The number of benzene rings is 1. The Kier molecular flexibility index (Phi) is 6.11. The number of methoxy groups -OCH3 is 1. The van der Waals surface area contributed by atoms with E-state index in [1.807, 2.05) is 0 Å². The number of esters is 2. The lowest BCUT2D eigenvalue weighted by atomic mass is 10.2. The van der Waals surface area contributed by atoms with Gasteiger partial charge in [0.15, 0.2) is 6.61 Å². The highest BCUT2D eigenvalue weighted by atomic mass is 16.5. The lowest BCUT2D eigenvalue weighted by Crippen LogP contribution is -2.20. The number of aryl methyl sites for hydroxylation is 1. The predicted octanol–water partition coefficient (Wildman–Crippen LogP) is 2.57. The smallest absolute Gasteiger partial charge is 0.337 e. The first-order valence-electron chi connectivity index (χ1n) is 7.37. The second-order valence-corrected chi connectivity index (χ2v) is 5.01. The van der Waals surface area contributed by atoms with E-state index >= 15 is 0 Å². The average Bonchev–Trinajstić information content (AvgIpc) is 3.03. The number of amides is 1. The molecule has 0 saturated carbocycles. The fraction of sp³-hybridized carbons (Fsp3) is 0.167. The summed E-state index contributed by atoms with van der Waals surface area (Å²) in [5.74, 6) is -0.382. The second-order valence-electron chi connectivity index (χ2n) is 5.01. The van der Waals surface area contributed by atoms with Gasteiger partial charge in [-0.1, -0.05) is 0 Å². The minimum absolute atomic E-state index is 0.366. The number of carbonyl (C=O) groups is 3. The van der Waals surface area contributed by atoms with Crippen LogP contribution in [0.2, 0.25) is 0 Å². The van der Waals surface area contributed by atoms with E-state index in [1.54, 1.807) is 31.2 Å². The molecule has 7 heteroatoms. The molecular weight excluding hydrogens is 326 g/mol. The largest absolute Gasteiger partial charge is 0.465 e. The van der Waals surface area contributed by atoms with Crippen molar-refractivity contribution in [3.8, 4) is 0 Å². The van der Waals surface area contributed by atoms with Crippen LogP contribution in [-0.2, 0) is 19.1 Å². The van der Waals surface area contributed by atoms with Gasteiger partial charge >= 0.3 is 11.9 Å². The van der Waals surface area contributed by atoms with Crippen LogP contribution in [0.25, 0.3) is 6.08 Å². The second kappa shape index (κ2) is 8.49. The lowest BCUT2D eigenvalue weighted by Gasteiger charge is -2.06. The van der Waals surface area contributed by atoms with Gasteiger partial charge in [0.25, 0.3) is 5.91 Å². The van der Waals surface area contributed by atoms with Crippen LogP contribution in [0.4, 0.5) is 5.69 Å². The average molecular weight is 343 g/mol. The zero-order chi connectivity index (χ0) is 18.2. The quantitative estimate of drug-likeness (QED) is 0.640. The third-order valence-corrected chi connectivity index (χ3v) is 3.08. The topological polar surface area (TPSA) is 94.8 Å². The molecule has 0 fully saturated rings. The summed E-state index contributed by atoms with van der Waals surface area (Å²) in [5.41, 5.74) is 0.834. The van der Waals surface area contributed by atoms with Crippen LogP contribution < -0.4 is 5.32 Å². The highest BCUT2D eigenvalue weighted by Gasteiger charge is 2.08. The summed E-state index contributed by atoms with van der Waals surface area (Å²) in [6.07, 6.45) is 2.63. The van der Waals surface area contributed by atoms with Gasteiger partial charge in [-0.3, -0.25) is 4.79 Å². The maximum atomic E-state index is 11.7. The van der Waals surface area contributed by atoms with Gasteiger partial charge in [0.2, 0.25) is 0 Å². The van der Waals surface area contributed by atoms with Gasteiger partial charge in [-0.05, 0) is 49.4 Å². The van der Waals surface area contributed by atoms with Crippen LogP contribution >= 0.6 is 0 Å². The van der Waals surface area contributed by atoms with Crippen molar-refractivity contribution in [1.82, 2.24) is 0 Å². The molecule has 0 aliphatic rings. The molecule has 0 spiro atoms. The fourth-order valence-electron chi connectivity index (χ4n) is 1.88. The first kappa shape index (κ1) is 18.0. The molecule has 1 N–H and O–H groups in total. The van der Waals surface area contributed by atoms with Gasteiger partial charge in [-0.2, -0.15) is 0 Å². The Hall–Kier alpha value is -3.35.